The van der Waals surface area contributed by atoms with Gasteiger partial charge in [0.05, 0.1) is 39.5 Å². The summed E-state index contributed by atoms with van der Waals surface area (Å²) in [5, 5.41) is 21.3. The zero-order valence-electron chi connectivity index (χ0n) is 25.6. The molecular formula is C29H61NO9S. The predicted octanol–water partition coefficient (Wildman–Crippen LogP) is 5.92. The summed E-state index contributed by atoms with van der Waals surface area (Å²) in [4.78, 5) is 10.6. The first-order chi connectivity index (χ1) is 19.2. The van der Waals surface area contributed by atoms with Crippen molar-refractivity contribution in [3.63, 3.8) is 0 Å². The third-order valence-electron chi connectivity index (χ3n) is 6.72. The van der Waals surface area contributed by atoms with Crippen molar-refractivity contribution >= 4 is 16.4 Å². The van der Waals surface area contributed by atoms with Crippen molar-refractivity contribution in [1.29, 1.82) is 0 Å². The SMILES string of the molecule is CCCCCCCCCCCCCCCCCCNC(CCOCCC(=O)O)C(C)OCCO.COS(=O)(=O)O. The number of ether oxygens (including phenoxy) is 2. The number of hydrogen-bond acceptors (Lipinski definition) is 8. The van der Waals surface area contributed by atoms with E-state index in [4.69, 9.17) is 24.2 Å². The van der Waals surface area contributed by atoms with Gasteiger partial charge in [-0.15, -0.1) is 0 Å². The maximum absolute atomic E-state index is 10.6. The van der Waals surface area contributed by atoms with Crippen LogP contribution in [0.25, 0.3) is 0 Å². The molecule has 0 aliphatic heterocycles. The smallest absolute Gasteiger partial charge is 0.397 e. The average molecular weight is 600 g/mol. The summed E-state index contributed by atoms with van der Waals surface area (Å²) in [5.41, 5.74) is 0. The molecule has 0 aliphatic rings. The standard InChI is InChI=1S/C28H57NO5.CH4O4S/c1-3-4-5-6-7-8-9-10-11-12-13-14-15-16-17-18-21-29-27(26(2)34-25-22-30)19-23-33-24-20-28(31)32;1-5-6(2,3)4/h26-27,29-30H,3-25H2,1-2H3,(H,31,32);1H3,(H,2,3,4). The van der Waals surface area contributed by atoms with Gasteiger partial charge in [0.2, 0.25) is 0 Å². The second-order valence-electron chi connectivity index (χ2n) is 10.3. The predicted molar refractivity (Wildman–Crippen MR) is 160 cm³/mol. The quantitative estimate of drug-likeness (QED) is 0.0602. The second-order valence-corrected chi connectivity index (χ2v) is 11.5. The minimum absolute atomic E-state index is 0.0173. The molecule has 0 saturated carbocycles. The van der Waals surface area contributed by atoms with Crippen molar-refractivity contribution in [2.75, 3.05) is 40.1 Å². The van der Waals surface area contributed by atoms with Gasteiger partial charge in [-0.2, -0.15) is 8.42 Å². The molecule has 0 heterocycles. The maximum Gasteiger partial charge on any atom is 0.397 e. The summed E-state index contributed by atoms with van der Waals surface area (Å²) in [6.45, 7) is 6.34. The van der Waals surface area contributed by atoms with Crippen molar-refractivity contribution in [3.05, 3.63) is 0 Å². The monoisotopic (exact) mass is 599 g/mol. The highest BCUT2D eigenvalue weighted by Gasteiger charge is 2.17. The van der Waals surface area contributed by atoms with E-state index in [9.17, 15) is 13.2 Å². The first kappa shape index (κ1) is 41.3. The largest absolute Gasteiger partial charge is 0.481 e. The molecule has 0 aromatic carbocycles. The first-order valence-corrected chi connectivity index (χ1v) is 16.8. The lowest BCUT2D eigenvalue weighted by molar-refractivity contribution is -0.138. The molecule has 10 nitrogen and oxygen atoms in total. The lowest BCUT2D eigenvalue weighted by Crippen LogP contribution is -2.41. The third-order valence-corrected chi connectivity index (χ3v) is 7.14. The number of aliphatic carboxylic acids is 1. The van der Waals surface area contributed by atoms with Gasteiger partial charge in [-0.05, 0) is 26.3 Å². The van der Waals surface area contributed by atoms with Crippen LogP contribution in [0.2, 0.25) is 0 Å². The second kappa shape index (κ2) is 31.1. The van der Waals surface area contributed by atoms with Crippen LogP contribution in [-0.4, -0.2) is 81.4 Å². The Bertz CT molecular complexity index is 635. The Morgan fingerprint density at radius 3 is 1.65 bits per heavy atom. The number of rotatable bonds is 29. The Kier molecular flexibility index (Phi) is 32.1. The molecular weight excluding hydrogens is 538 g/mol. The molecule has 0 rings (SSSR count). The fourth-order valence-electron chi connectivity index (χ4n) is 4.29. The highest BCUT2D eigenvalue weighted by molar-refractivity contribution is 7.80. The van der Waals surface area contributed by atoms with Crippen molar-refractivity contribution in [1.82, 2.24) is 5.32 Å². The Labute approximate surface area is 244 Å². The minimum atomic E-state index is -4.16. The van der Waals surface area contributed by atoms with E-state index in [-0.39, 0.29) is 31.8 Å². The number of aliphatic hydroxyl groups excluding tert-OH is 1. The van der Waals surface area contributed by atoms with E-state index < -0.39 is 16.4 Å². The Hall–Kier alpha value is -0.820. The summed E-state index contributed by atoms with van der Waals surface area (Å²) in [6.07, 6.45) is 22.7. The van der Waals surface area contributed by atoms with Gasteiger partial charge in [-0.25, -0.2) is 0 Å². The topological polar surface area (TPSA) is 152 Å². The summed E-state index contributed by atoms with van der Waals surface area (Å²) >= 11 is 0. The lowest BCUT2D eigenvalue weighted by Gasteiger charge is -2.25. The highest BCUT2D eigenvalue weighted by Crippen LogP contribution is 2.14. The highest BCUT2D eigenvalue weighted by atomic mass is 32.3. The molecule has 40 heavy (non-hydrogen) atoms. The van der Waals surface area contributed by atoms with Crippen LogP contribution in [0.3, 0.4) is 0 Å². The van der Waals surface area contributed by atoms with E-state index in [1.807, 2.05) is 6.92 Å². The van der Waals surface area contributed by atoms with Gasteiger partial charge in [-0.3, -0.25) is 13.5 Å². The van der Waals surface area contributed by atoms with Crippen molar-refractivity contribution in [2.45, 2.75) is 142 Å². The maximum atomic E-state index is 10.6. The Balaban J connectivity index is 0. The van der Waals surface area contributed by atoms with Gasteiger partial charge in [-0.1, -0.05) is 103 Å². The van der Waals surface area contributed by atoms with E-state index in [0.717, 1.165) is 26.5 Å². The van der Waals surface area contributed by atoms with Crippen LogP contribution in [0, 0.1) is 0 Å². The molecule has 11 heteroatoms. The van der Waals surface area contributed by atoms with Crippen LogP contribution in [0.15, 0.2) is 0 Å². The lowest BCUT2D eigenvalue weighted by atomic mass is 10.0. The van der Waals surface area contributed by atoms with Gasteiger partial charge in [0, 0.05) is 12.6 Å². The number of carbonyl (C=O) groups is 1. The molecule has 0 aromatic heterocycles. The zero-order chi connectivity index (χ0) is 30.3. The van der Waals surface area contributed by atoms with Gasteiger partial charge >= 0.3 is 16.4 Å². The molecule has 0 aromatic rings. The fraction of sp³-hybridized carbons (Fsp3) is 0.966. The molecule has 0 amide bonds. The van der Waals surface area contributed by atoms with Crippen molar-refractivity contribution in [3.8, 4) is 0 Å². The number of carboxylic acids is 1. The summed E-state index contributed by atoms with van der Waals surface area (Å²) < 4.78 is 40.8. The molecule has 2 unspecified atom stereocenters. The average Bonchev–Trinajstić information content (AvgIpc) is 2.91. The van der Waals surface area contributed by atoms with Gasteiger partial charge < -0.3 is 25.0 Å². The molecule has 0 bridgehead atoms. The number of hydrogen-bond donors (Lipinski definition) is 4. The number of nitrogens with one attached hydrogen (secondary N) is 1. The number of unbranched alkanes of at least 4 members (excludes halogenated alkanes) is 15. The summed E-state index contributed by atoms with van der Waals surface area (Å²) in [7, 11) is -3.29. The van der Waals surface area contributed by atoms with Crippen LogP contribution in [0.5, 0.6) is 0 Å². The van der Waals surface area contributed by atoms with Crippen LogP contribution in [0.1, 0.15) is 129 Å². The third kappa shape index (κ3) is 35.2. The summed E-state index contributed by atoms with van der Waals surface area (Å²) in [6, 6.07) is 0.146. The number of carboxylic acid groups (broad SMARTS) is 1. The van der Waals surface area contributed by atoms with Crippen molar-refractivity contribution < 1.29 is 41.6 Å². The molecule has 0 spiro atoms. The minimum Gasteiger partial charge on any atom is -0.481 e. The van der Waals surface area contributed by atoms with Crippen LogP contribution < -0.4 is 5.32 Å². The molecule has 0 fully saturated rings. The van der Waals surface area contributed by atoms with Crippen LogP contribution in [-0.2, 0) is 28.9 Å². The van der Waals surface area contributed by atoms with E-state index in [0.29, 0.717) is 13.2 Å². The summed E-state index contributed by atoms with van der Waals surface area (Å²) in [5.74, 6) is -0.835. The Morgan fingerprint density at radius 1 is 0.800 bits per heavy atom. The van der Waals surface area contributed by atoms with E-state index in [2.05, 4.69) is 16.4 Å². The Morgan fingerprint density at radius 2 is 1.25 bits per heavy atom. The van der Waals surface area contributed by atoms with Crippen LogP contribution >= 0.6 is 0 Å². The zero-order valence-corrected chi connectivity index (χ0v) is 26.4. The van der Waals surface area contributed by atoms with E-state index in [1.54, 1.807) is 0 Å². The molecule has 4 N–H and O–H groups in total. The van der Waals surface area contributed by atoms with Gasteiger partial charge in [0.25, 0.3) is 0 Å². The fourth-order valence-corrected chi connectivity index (χ4v) is 4.29. The van der Waals surface area contributed by atoms with E-state index in [1.165, 1.54) is 96.3 Å². The molecule has 0 aliphatic carbocycles. The van der Waals surface area contributed by atoms with Crippen molar-refractivity contribution in [2.24, 2.45) is 0 Å². The first-order valence-electron chi connectivity index (χ1n) is 15.5. The van der Waals surface area contributed by atoms with Gasteiger partial charge in [0.1, 0.15) is 0 Å². The molecule has 242 valence electrons. The van der Waals surface area contributed by atoms with Crippen LogP contribution in [0.4, 0.5) is 0 Å². The normalized spacial score (nSPS) is 13.0. The molecule has 0 radical (unpaired) electrons. The number of aliphatic hydroxyl groups is 1. The van der Waals surface area contributed by atoms with Gasteiger partial charge in [0.15, 0.2) is 0 Å². The molecule has 2 atom stereocenters. The van der Waals surface area contributed by atoms with E-state index >= 15 is 0 Å². The molecule has 0 saturated heterocycles.